The van der Waals surface area contributed by atoms with Gasteiger partial charge in [0.15, 0.2) is 5.78 Å². The second kappa shape index (κ2) is 6.02. The van der Waals surface area contributed by atoms with E-state index in [1.54, 1.807) is 0 Å². The molecule has 2 heteroatoms. The Balaban J connectivity index is 1.87. The molecule has 0 aromatic carbocycles. The lowest BCUT2D eigenvalue weighted by atomic mass is 9.47. The quantitative estimate of drug-likeness (QED) is 0.803. The fourth-order valence-electron chi connectivity index (χ4n) is 6.08. The Hall–Kier alpha value is -0.630. The molecular formula is C21H34O2. The minimum Gasteiger partial charge on any atom is -0.393 e. The SMILES string of the molecule is C[C@H](O)CC[C@H]1[C@@H]2CCC3=CC(=O)CC[C@]3(C)[C@H]2CCC1(C)C. The number of allylic oxidation sites excluding steroid dienone is 2. The van der Waals surface area contributed by atoms with E-state index in [1.165, 1.54) is 24.8 Å². The molecule has 23 heavy (non-hydrogen) atoms. The fraction of sp³-hybridized carbons (Fsp3) is 0.857. The van der Waals surface area contributed by atoms with Crippen LogP contribution >= 0.6 is 0 Å². The zero-order valence-electron chi connectivity index (χ0n) is 15.4. The molecular weight excluding hydrogens is 284 g/mol. The van der Waals surface area contributed by atoms with E-state index in [2.05, 4.69) is 20.8 Å². The molecule has 2 fully saturated rings. The number of hydrogen-bond donors (Lipinski definition) is 1. The van der Waals surface area contributed by atoms with Gasteiger partial charge in [-0.05, 0) is 86.5 Å². The highest BCUT2D eigenvalue weighted by Crippen LogP contribution is 2.62. The summed E-state index contributed by atoms with van der Waals surface area (Å²) >= 11 is 0. The van der Waals surface area contributed by atoms with Crippen LogP contribution in [0, 0.1) is 28.6 Å². The molecule has 3 aliphatic rings. The monoisotopic (exact) mass is 318 g/mol. The first-order chi connectivity index (χ1) is 10.7. The number of rotatable bonds is 3. The lowest BCUT2D eigenvalue weighted by Gasteiger charge is -2.58. The number of carbonyl (C=O) groups is 1. The van der Waals surface area contributed by atoms with Crippen molar-refractivity contribution in [1.29, 1.82) is 0 Å². The van der Waals surface area contributed by atoms with Crippen LogP contribution in [0.5, 0.6) is 0 Å². The second-order valence-electron chi connectivity index (χ2n) is 9.42. The molecule has 3 aliphatic carbocycles. The smallest absolute Gasteiger partial charge is 0.155 e. The number of hydrogen-bond acceptors (Lipinski definition) is 2. The molecule has 0 aliphatic heterocycles. The van der Waals surface area contributed by atoms with E-state index in [-0.39, 0.29) is 11.5 Å². The van der Waals surface area contributed by atoms with E-state index < -0.39 is 0 Å². The first-order valence-electron chi connectivity index (χ1n) is 9.66. The summed E-state index contributed by atoms with van der Waals surface area (Å²) < 4.78 is 0. The summed E-state index contributed by atoms with van der Waals surface area (Å²) in [6.07, 6.45) is 10.6. The van der Waals surface area contributed by atoms with Crippen LogP contribution in [0.3, 0.4) is 0 Å². The Morgan fingerprint density at radius 1 is 1.22 bits per heavy atom. The summed E-state index contributed by atoms with van der Waals surface area (Å²) in [6.45, 7) is 9.23. The molecule has 0 aromatic heterocycles. The third-order valence-electron chi connectivity index (χ3n) is 7.56. The highest BCUT2D eigenvalue weighted by Gasteiger charge is 2.53. The molecule has 0 aromatic rings. The van der Waals surface area contributed by atoms with Gasteiger partial charge in [-0.2, -0.15) is 0 Å². The van der Waals surface area contributed by atoms with Crippen molar-refractivity contribution in [3.8, 4) is 0 Å². The van der Waals surface area contributed by atoms with Gasteiger partial charge < -0.3 is 5.11 Å². The molecule has 0 bridgehead atoms. The molecule has 130 valence electrons. The summed E-state index contributed by atoms with van der Waals surface area (Å²) in [5.74, 6) is 2.57. The zero-order valence-corrected chi connectivity index (χ0v) is 15.4. The standard InChI is InChI=1S/C21H34O2/c1-14(22)5-8-18-17-7-6-15-13-16(23)9-12-21(15,4)19(17)10-11-20(18,2)3/h13-14,17-19,22H,5-12H2,1-4H3/t14-,17-,18-,19-,21-/m0/s1. The first-order valence-corrected chi connectivity index (χ1v) is 9.66. The van der Waals surface area contributed by atoms with Gasteiger partial charge in [0.1, 0.15) is 0 Å². The van der Waals surface area contributed by atoms with Gasteiger partial charge in [-0.3, -0.25) is 4.79 Å². The van der Waals surface area contributed by atoms with E-state index >= 15 is 0 Å². The van der Waals surface area contributed by atoms with Crippen LogP contribution in [0.1, 0.15) is 79.1 Å². The van der Waals surface area contributed by atoms with Crippen molar-refractivity contribution in [1.82, 2.24) is 0 Å². The number of carbonyl (C=O) groups excluding carboxylic acids is 1. The van der Waals surface area contributed by atoms with Crippen LogP contribution in [0.25, 0.3) is 0 Å². The van der Waals surface area contributed by atoms with Gasteiger partial charge in [0, 0.05) is 6.42 Å². The van der Waals surface area contributed by atoms with Crippen molar-refractivity contribution in [3.05, 3.63) is 11.6 Å². The van der Waals surface area contributed by atoms with E-state index in [0.717, 1.165) is 43.9 Å². The van der Waals surface area contributed by atoms with E-state index in [1.807, 2.05) is 13.0 Å². The normalized spacial score (nSPS) is 40.8. The number of aliphatic hydroxyl groups is 1. The Morgan fingerprint density at radius 3 is 2.65 bits per heavy atom. The van der Waals surface area contributed by atoms with Crippen molar-refractivity contribution in [2.45, 2.75) is 85.2 Å². The third-order valence-corrected chi connectivity index (χ3v) is 7.56. The van der Waals surface area contributed by atoms with Gasteiger partial charge in [-0.25, -0.2) is 0 Å². The van der Waals surface area contributed by atoms with Crippen molar-refractivity contribution in [2.75, 3.05) is 0 Å². The lowest BCUT2D eigenvalue weighted by Crippen LogP contribution is -2.50. The fourth-order valence-corrected chi connectivity index (χ4v) is 6.08. The predicted molar refractivity (Wildman–Crippen MR) is 94.1 cm³/mol. The van der Waals surface area contributed by atoms with Crippen LogP contribution in [-0.4, -0.2) is 17.0 Å². The van der Waals surface area contributed by atoms with Crippen LogP contribution < -0.4 is 0 Å². The molecule has 0 unspecified atom stereocenters. The summed E-state index contributed by atoms with van der Waals surface area (Å²) in [7, 11) is 0. The molecule has 2 saturated carbocycles. The molecule has 0 radical (unpaired) electrons. The summed E-state index contributed by atoms with van der Waals surface area (Å²) in [4.78, 5) is 11.9. The maximum Gasteiger partial charge on any atom is 0.155 e. The molecule has 0 heterocycles. The molecule has 0 saturated heterocycles. The Kier molecular flexibility index (Phi) is 4.50. The topological polar surface area (TPSA) is 37.3 Å². The molecule has 5 atom stereocenters. The van der Waals surface area contributed by atoms with Crippen molar-refractivity contribution < 1.29 is 9.90 Å². The Bertz CT molecular complexity index is 502. The molecule has 3 rings (SSSR count). The lowest BCUT2D eigenvalue weighted by molar-refractivity contribution is -0.117. The highest BCUT2D eigenvalue weighted by atomic mass is 16.3. The van der Waals surface area contributed by atoms with Crippen molar-refractivity contribution >= 4 is 5.78 Å². The summed E-state index contributed by atoms with van der Waals surface area (Å²) in [6, 6.07) is 0. The third kappa shape index (κ3) is 3.04. The zero-order chi connectivity index (χ0) is 16.8. The minimum absolute atomic E-state index is 0.187. The van der Waals surface area contributed by atoms with Gasteiger partial charge in [0.05, 0.1) is 6.10 Å². The van der Waals surface area contributed by atoms with Crippen LogP contribution in [0.4, 0.5) is 0 Å². The Labute approximate surface area is 141 Å². The van der Waals surface area contributed by atoms with Gasteiger partial charge in [0.25, 0.3) is 0 Å². The van der Waals surface area contributed by atoms with E-state index in [0.29, 0.717) is 17.1 Å². The first kappa shape index (κ1) is 17.2. The predicted octanol–water partition coefficient (Wildman–Crippen LogP) is 4.91. The summed E-state index contributed by atoms with van der Waals surface area (Å²) in [5.41, 5.74) is 2.10. The van der Waals surface area contributed by atoms with Crippen molar-refractivity contribution in [2.24, 2.45) is 28.6 Å². The number of ketones is 1. The number of aliphatic hydroxyl groups excluding tert-OH is 1. The van der Waals surface area contributed by atoms with Gasteiger partial charge >= 0.3 is 0 Å². The van der Waals surface area contributed by atoms with Crippen molar-refractivity contribution in [3.63, 3.8) is 0 Å². The van der Waals surface area contributed by atoms with Crippen LogP contribution in [-0.2, 0) is 4.79 Å². The van der Waals surface area contributed by atoms with Crippen LogP contribution in [0.15, 0.2) is 11.6 Å². The molecule has 0 spiro atoms. The second-order valence-corrected chi connectivity index (χ2v) is 9.42. The maximum absolute atomic E-state index is 11.9. The van der Waals surface area contributed by atoms with E-state index in [9.17, 15) is 9.90 Å². The molecule has 1 N–H and O–H groups in total. The van der Waals surface area contributed by atoms with Gasteiger partial charge in [-0.15, -0.1) is 0 Å². The number of fused-ring (bicyclic) bond motifs is 3. The van der Waals surface area contributed by atoms with Crippen LogP contribution in [0.2, 0.25) is 0 Å². The summed E-state index contributed by atoms with van der Waals surface area (Å²) in [5, 5.41) is 9.77. The average molecular weight is 319 g/mol. The molecule has 2 nitrogen and oxygen atoms in total. The minimum atomic E-state index is -0.187. The van der Waals surface area contributed by atoms with Gasteiger partial charge in [0.2, 0.25) is 0 Å². The highest BCUT2D eigenvalue weighted by molar-refractivity contribution is 5.91. The molecule has 0 amide bonds. The van der Waals surface area contributed by atoms with E-state index in [4.69, 9.17) is 0 Å². The maximum atomic E-state index is 11.9. The largest absolute Gasteiger partial charge is 0.393 e. The average Bonchev–Trinajstić information content (AvgIpc) is 2.46. The Morgan fingerprint density at radius 2 is 1.96 bits per heavy atom. The van der Waals surface area contributed by atoms with Gasteiger partial charge in [-0.1, -0.05) is 26.3 Å².